The standard InChI is InChI=1S/C16H10.C6H13BO2/c1-3-11-7-9-13-5-2-6-14-10-8-12(4-1)15(11)16(13)14;1-5(2)6(3,4)9-7-8-5/h1-10H;7H,1-4H3. The maximum absolute atomic E-state index is 5.33. The minimum absolute atomic E-state index is 0.132. The zero-order valence-electron chi connectivity index (χ0n) is 15.3. The van der Waals surface area contributed by atoms with Crippen molar-refractivity contribution in [3.63, 3.8) is 0 Å². The molecule has 1 aliphatic rings. The van der Waals surface area contributed by atoms with Gasteiger partial charge in [-0.05, 0) is 60.0 Å². The average Bonchev–Trinajstić information content (AvgIpc) is 2.84. The first-order chi connectivity index (χ1) is 11.9. The van der Waals surface area contributed by atoms with E-state index in [2.05, 4.69) is 60.7 Å². The van der Waals surface area contributed by atoms with E-state index in [1.165, 1.54) is 32.3 Å². The fourth-order valence-electron chi connectivity index (χ4n) is 3.34. The predicted octanol–water partition coefficient (Wildman–Crippen LogP) is 5.44. The first-order valence-corrected chi connectivity index (χ1v) is 8.79. The van der Waals surface area contributed by atoms with Crippen LogP contribution >= 0.6 is 0 Å². The Hall–Kier alpha value is -2.10. The molecule has 2 nitrogen and oxygen atoms in total. The molecule has 0 aliphatic carbocycles. The van der Waals surface area contributed by atoms with E-state index in [9.17, 15) is 0 Å². The van der Waals surface area contributed by atoms with Crippen molar-refractivity contribution < 1.29 is 9.31 Å². The molecule has 25 heavy (non-hydrogen) atoms. The van der Waals surface area contributed by atoms with Crippen LogP contribution in [0.5, 0.6) is 0 Å². The summed E-state index contributed by atoms with van der Waals surface area (Å²) in [7, 11) is 0.431. The van der Waals surface area contributed by atoms with Crippen molar-refractivity contribution in [1.29, 1.82) is 0 Å². The fraction of sp³-hybridized carbons (Fsp3) is 0.273. The molecule has 0 aromatic heterocycles. The number of benzene rings is 4. The van der Waals surface area contributed by atoms with Crippen LogP contribution in [0.1, 0.15) is 27.7 Å². The molecule has 0 spiro atoms. The van der Waals surface area contributed by atoms with E-state index in [1.807, 2.05) is 27.7 Å². The molecule has 126 valence electrons. The average molecular weight is 330 g/mol. The first kappa shape index (κ1) is 16.4. The highest BCUT2D eigenvalue weighted by Gasteiger charge is 2.44. The summed E-state index contributed by atoms with van der Waals surface area (Å²) in [6.45, 7) is 8.17. The van der Waals surface area contributed by atoms with Crippen LogP contribution in [0.2, 0.25) is 0 Å². The highest BCUT2D eigenvalue weighted by atomic mass is 16.7. The molecule has 1 fully saturated rings. The molecule has 3 heteroatoms. The predicted molar refractivity (Wildman–Crippen MR) is 108 cm³/mol. The third-order valence-corrected chi connectivity index (χ3v) is 5.68. The van der Waals surface area contributed by atoms with Crippen LogP contribution in [0, 0.1) is 0 Å². The van der Waals surface area contributed by atoms with Crippen LogP contribution < -0.4 is 0 Å². The molecule has 0 atom stereocenters. The first-order valence-electron chi connectivity index (χ1n) is 8.79. The Kier molecular flexibility index (Phi) is 3.75. The van der Waals surface area contributed by atoms with Gasteiger partial charge in [0.15, 0.2) is 0 Å². The summed E-state index contributed by atoms with van der Waals surface area (Å²) in [6, 6.07) is 21.9. The van der Waals surface area contributed by atoms with Crippen LogP contribution in [0.3, 0.4) is 0 Å². The van der Waals surface area contributed by atoms with Crippen molar-refractivity contribution in [2.75, 3.05) is 0 Å². The van der Waals surface area contributed by atoms with Gasteiger partial charge in [0.2, 0.25) is 0 Å². The Morgan fingerprint density at radius 2 is 0.880 bits per heavy atom. The number of hydrogen-bond donors (Lipinski definition) is 0. The van der Waals surface area contributed by atoms with Gasteiger partial charge in [-0.2, -0.15) is 0 Å². The van der Waals surface area contributed by atoms with E-state index >= 15 is 0 Å². The quantitative estimate of drug-likeness (QED) is 0.316. The molecule has 0 unspecified atom stereocenters. The summed E-state index contributed by atoms with van der Waals surface area (Å²) in [5.74, 6) is 0. The summed E-state index contributed by atoms with van der Waals surface area (Å²) in [6.07, 6.45) is 0. The maximum atomic E-state index is 5.33. The van der Waals surface area contributed by atoms with Gasteiger partial charge in [0.1, 0.15) is 0 Å². The third-order valence-electron chi connectivity index (χ3n) is 5.68. The van der Waals surface area contributed by atoms with Crippen molar-refractivity contribution in [3.05, 3.63) is 60.7 Å². The largest absolute Gasteiger partial charge is 0.439 e. The van der Waals surface area contributed by atoms with Gasteiger partial charge in [0, 0.05) is 0 Å². The van der Waals surface area contributed by atoms with Crippen molar-refractivity contribution in [2.45, 2.75) is 38.9 Å². The maximum Gasteiger partial charge on any atom is 0.439 e. The zero-order chi connectivity index (χ0) is 17.7. The summed E-state index contributed by atoms with van der Waals surface area (Å²) < 4.78 is 10.7. The topological polar surface area (TPSA) is 18.5 Å². The molecule has 0 radical (unpaired) electrons. The summed E-state index contributed by atoms with van der Waals surface area (Å²) in [4.78, 5) is 0. The minimum Gasteiger partial charge on any atom is -0.406 e. The highest BCUT2D eigenvalue weighted by Crippen LogP contribution is 2.34. The number of rotatable bonds is 0. The second kappa shape index (κ2) is 5.72. The van der Waals surface area contributed by atoms with Crippen LogP contribution in [-0.2, 0) is 9.31 Å². The van der Waals surface area contributed by atoms with E-state index < -0.39 is 0 Å². The molecule has 1 saturated heterocycles. The van der Waals surface area contributed by atoms with Crippen LogP contribution in [0.25, 0.3) is 32.3 Å². The lowest BCUT2D eigenvalue weighted by Gasteiger charge is -2.32. The molecule has 0 saturated carbocycles. The molecule has 4 aromatic rings. The Morgan fingerprint density at radius 3 is 1.12 bits per heavy atom. The molecule has 1 heterocycles. The summed E-state index contributed by atoms with van der Waals surface area (Å²) >= 11 is 0. The van der Waals surface area contributed by atoms with E-state index in [1.54, 1.807) is 0 Å². The van der Waals surface area contributed by atoms with E-state index in [-0.39, 0.29) is 11.2 Å². The van der Waals surface area contributed by atoms with Gasteiger partial charge in [0.05, 0.1) is 11.2 Å². The molecular formula is C22H23BO2. The SMILES string of the molecule is CC1(C)OBOC1(C)C.c1cc2ccc3cccc4ccc(c1)c2c34. The lowest BCUT2D eigenvalue weighted by molar-refractivity contribution is 0.00578. The second-order valence-electron chi connectivity index (χ2n) is 7.72. The molecule has 1 aliphatic heterocycles. The van der Waals surface area contributed by atoms with Crippen molar-refractivity contribution in [2.24, 2.45) is 0 Å². The molecule has 4 aromatic carbocycles. The van der Waals surface area contributed by atoms with Crippen LogP contribution in [0.4, 0.5) is 0 Å². The molecule has 0 amide bonds. The lowest BCUT2D eigenvalue weighted by Crippen LogP contribution is -2.41. The molecule has 5 rings (SSSR count). The normalized spacial score (nSPS) is 18.2. The van der Waals surface area contributed by atoms with E-state index in [0.717, 1.165) is 0 Å². The fourth-order valence-corrected chi connectivity index (χ4v) is 3.34. The monoisotopic (exact) mass is 330 g/mol. The van der Waals surface area contributed by atoms with Crippen molar-refractivity contribution in [3.8, 4) is 0 Å². The van der Waals surface area contributed by atoms with Gasteiger partial charge in [-0.3, -0.25) is 0 Å². The summed E-state index contributed by atoms with van der Waals surface area (Å²) in [5, 5.41) is 8.14. The van der Waals surface area contributed by atoms with Crippen molar-refractivity contribution in [1.82, 2.24) is 0 Å². The van der Waals surface area contributed by atoms with Crippen molar-refractivity contribution >= 4 is 40.0 Å². The van der Waals surface area contributed by atoms with Gasteiger partial charge < -0.3 is 9.31 Å². The molecule has 0 N–H and O–H groups in total. The third kappa shape index (κ3) is 2.68. The van der Waals surface area contributed by atoms with E-state index in [0.29, 0.717) is 7.69 Å². The van der Waals surface area contributed by atoms with Crippen LogP contribution in [-0.4, -0.2) is 18.9 Å². The van der Waals surface area contributed by atoms with Gasteiger partial charge in [-0.1, -0.05) is 60.7 Å². The Bertz CT molecular complexity index is 892. The van der Waals surface area contributed by atoms with Gasteiger partial charge in [-0.15, -0.1) is 0 Å². The minimum atomic E-state index is -0.132. The van der Waals surface area contributed by atoms with Crippen LogP contribution in [0.15, 0.2) is 60.7 Å². The Morgan fingerprint density at radius 1 is 0.560 bits per heavy atom. The smallest absolute Gasteiger partial charge is 0.406 e. The summed E-state index contributed by atoms with van der Waals surface area (Å²) in [5.41, 5.74) is -0.264. The number of hydrogen-bond acceptors (Lipinski definition) is 2. The Balaban J connectivity index is 0.000000150. The van der Waals surface area contributed by atoms with Gasteiger partial charge in [0.25, 0.3) is 0 Å². The Labute approximate surface area is 149 Å². The van der Waals surface area contributed by atoms with E-state index in [4.69, 9.17) is 9.31 Å². The highest BCUT2D eigenvalue weighted by molar-refractivity contribution is 6.22. The molecule has 0 bridgehead atoms. The lowest BCUT2D eigenvalue weighted by atomic mass is 9.90. The zero-order valence-corrected chi connectivity index (χ0v) is 15.3. The van der Waals surface area contributed by atoms with Gasteiger partial charge in [-0.25, -0.2) is 0 Å². The van der Waals surface area contributed by atoms with Gasteiger partial charge >= 0.3 is 7.69 Å². The molecular weight excluding hydrogens is 307 g/mol. The second-order valence-corrected chi connectivity index (χ2v) is 7.72.